The number of aryl methyl sites for hydroxylation is 1. The van der Waals surface area contributed by atoms with E-state index in [1.807, 2.05) is 0 Å². The highest BCUT2D eigenvalue weighted by Gasteiger charge is 2.18. The lowest BCUT2D eigenvalue weighted by Crippen LogP contribution is -2.10. The minimum Gasteiger partial charge on any atom is -0.0807 e. The van der Waals surface area contributed by atoms with E-state index in [9.17, 15) is 0 Å². The van der Waals surface area contributed by atoms with Gasteiger partial charge in [0, 0.05) is 4.32 Å². The molecular weight excluding hydrogens is 428 g/mol. The minimum atomic E-state index is 0.0812. The molecule has 0 aromatic heterocycles. The van der Waals surface area contributed by atoms with Crippen molar-refractivity contribution in [1.82, 2.24) is 0 Å². The van der Waals surface area contributed by atoms with Crippen LogP contribution in [0.2, 0.25) is 0 Å². The van der Waals surface area contributed by atoms with Gasteiger partial charge in [-0.1, -0.05) is 156 Å². The van der Waals surface area contributed by atoms with E-state index >= 15 is 0 Å². The average molecular weight is 480 g/mol. The summed E-state index contributed by atoms with van der Waals surface area (Å²) in [5.74, 6) is 0. The van der Waals surface area contributed by atoms with Gasteiger partial charge in [0.2, 0.25) is 0 Å². The predicted molar refractivity (Wildman–Crippen MR) is 141 cm³/mol. The molecule has 0 aliphatic carbocycles. The Morgan fingerprint density at radius 3 is 1.33 bits per heavy atom. The van der Waals surface area contributed by atoms with Gasteiger partial charge in [0.15, 0.2) is 0 Å². The fourth-order valence-electron chi connectivity index (χ4n) is 4.54. The second kappa shape index (κ2) is 18.3. The van der Waals surface area contributed by atoms with Crippen molar-refractivity contribution in [2.45, 2.75) is 147 Å². The van der Waals surface area contributed by atoms with Crippen molar-refractivity contribution >= 4 is 15.9 Å². The van der Waals surface area contributed by atoms with Gasteiger partial charge in [0.25, 0.3) is 0 Å². The summed E-state index contributed by atoms with van der Waals surface area (Å²) >= 11 is 3.83. The first-order valence-electron chi connectivity index (χ1n) is 13.3. The maximum atomic E-state index is 3.83. The number of benzene rings is 1. The van der Waals surface area contributed by atoms with Gasteiger partial charge in [-0.05, 0) is 37.8 Å². The van der Waals surface area contributed by atoms with Crippen molar-refractivity contribution in [3.8, 4) is 0 Å². The molecule has 1 aromatic rings. The highest BCUT2D eigenvalue weighted by Crippen LogP contribution is 2.33. The smallest absolute Gasteiger partial charge is 0.0452 e. The largest absolute Gasteiger partial charge is 0.0807 e. The van der Waals surface area contributed by atoms with Crippen molar-refractivity contribution in [1.29, 1.82) is 0 Å². The maximum Gasteiger partial charge on any atom is 0.0452 e. The first-order valence-corrected chi connectivity index (χ1v) is 14.1. The van der Waals surface area contributed by atoms with Gasteiger partial charge < -0.3 is 0 Å². The van der Waals surface area contributed by atoms with Gasteiger partial charge >= 0.3 is 0 Å². The van der Waals surface area contributed by atoms with E-state index in [2.05, 4.69) is 61.0 Å². The zero-order valence-corrected chi connectivity index (χ0v) is 22.2. The fraction of sp³-hybridized carbons (Fsp3) is 0.793. The molecule has 0 spiro atoms. The summed E-state index contributed by atoms with van der Waals surface area (Å²) in [5, 5.41) is 0. The van der Waals surface area contributed by atoms with Crippen LogP contribution in [0.5, 0.6) is 0 Å². The lowest BCUT2D eigenvalue weighted by Gasteiger charge is -2.21. The number of rotatable bonds is 20. The standard InChI is InChI=1S/C29H51Br/c1-4-5-6-7-8-9-10-11-12-13-14-15-16-17-18-19-20-21-24-27-25-22-23-26-28(27)29(2,3)30/h22-23,25-26H,4-21,24H2,1-3H3. The molecule has 1 aromatic carbocycles. The van der Waals surface area contributed by atoms with E-state index in [4.69, 9.17) is 0 Å². The molecular formula is C29H51Br. The normalized spacial score (nSPS) is 11.9. The summed E-state index contributed by atoms with van der Waals surface area (Å²) < 4.78 is 0.0812. The van der Waals surface area contributed by atoms with Crippen LogP contribution in [-0.4, -0.2) is 0 Å². The molecule has 0 saturated carbocycles. The highest BCUT2D eigenvalue weighted by molar-refractivity contribution is 9.09. The number of alkyl halides is 1. The van der Waals surface area contributed by atoms with Crippen molar-refractivity contribution in [2.75, 3.05) is 0 Å². The van der Waals surface area contributed by atoms with Crippen LogP contribution >= 0.6 is 15.9 Å². The molecule has 30 heavy (non-hydrogen) atoms. The van der Waals surface area contributed by atoms with Crippen LogP contribution in [0.15, 0.2) is 24.3 Å². The molecule has 0 fully saturated rings. The Labute approximate surface area is 198 Å². The van der Waals surface area contributed by atoms with Crippen molar-refractivity contribution in [2.24, 2.45) is 0 Å². The Bertz CT molecular complexity index is 499. The molecule has 0 aliphatic rings. The van der Waals surface area contributed by atoms with Crippen LogP contribution in [0.4, 0.5) is 0 Å². The molecule has 1 heteroatoms. The Balaban J connectivity index is 1.86. The average Bonchev–Trinajstić information content (AvgIpc) is 2.72. The Hall–Kier alpha value is -0.300. The maximum absolute atomic E-state index is 3.83. The van der Waals surface area contributed by atoms with E-state index in [1.54, 1.807) is 0 Å². The van der Waals surface area contributed by atoms with Crippen molar-refractivity contribution in [3.05, 3.63) is 35.4 Å². The van der Waals surface area contributed by atoms with Crippen LogP contribution in [0.3, 0.4) is 0 Å². The summed E-state index contributed by atoms with van der Waals surface area (Å²) in [5.41, 5.74) is 2.98. The second-order valence-corrected chi connectivity index (χ2v) is 11.9. The molecule has 0 heterocycles. The van der Waals surface area contributed by atoms with Crippen LogP contribution < -0.4 is 0 Å². The molecule has 0 nitrogen and oxygen atoms in total. The zero-order chi connectivity index (χ0) is 21.9. The van der Waals surface area contributed by atoms with Gasteiger partial charge in [0.1, 0.15) is 0 Å². The van der Waals surface area contributed by atoms with E-state index in [0.717, 1.165) is 0 Å². The molecule has 0 atom stereocenters. The quantitative estimate of drug-likeness (QED) is 0.129. The van der Waals surface area contributed by atoms with Gasteiger partial charge in [-0.2, -0.15) is 0 Å². The van der Waals surface area contributed by atoms with E-state index in [0.29, 0.717) is 0 Å². The van der Waals surface area contributed by atoms with Crippen LogP contribution in [0.25, 0.3) is 0 Å². The minimum absolute atomic E-state index is 0.0812. The summed E-state index contributed by atoms with van der Waals surface area (Å²) in [7, 11) is 0. The van der Waals surface area contributed by atoms with E-state index < -0.39 is 0 Å². The first-order chi connectivity index (χ1) is 14.6. The summed E-state index contributed by atoms with van der Waals surface area (Å²) in [6.07, 6.45) is 27.2. The third-order valence-corrected chi connectivity index (χ3v) is 6.88. The predicted octanol–water partition coefficient (Wildman–Crippen LogP) is 10.9. The first kappa shape index (κ1) is 27.7. The molecule has 0 aliphatic heterocycles. The van der Waals surface area contributed by atoms with Crippen LogP contribution in [0, 0.1) is 0 Å². The van der Waals surface area contributed by atoms with Gasteiger partial charge in [-0.15, -0.1) is 0 Å². The lowest BCUT2D eigenvalue weighted by molar-refractivity contribution is 0.525. The van der Waals surface area contributed by atoms with Gasteiger partial charge in [-0.25, -0.2) is 0 Å². The molecule has 0 N–H and O–H groups in total. The highest BCUT2D eigenvalue weighted by atomic mass is 79.9. The van der Waals surface area contributed by atoms with Gasteiger partial charge in [-0.3, -0.25) is 0 Å². The zero-order valence-electron chi connectivity index (χ0n) is 20.6. The van der Waals surface area contributed by atoms with Crippen molar-refractivity contribution < 1.29 is 0 Å². The third-order valence-electron chi connectivity index (χ3n) is 6.46. The number of hydrogen-bond acceptors (Lipinski definition) is 0. The Kier molecular flexibility index (Phi) is 16.9. The summed E-state index contributed by atoms with van der Waals surface area (Å²) in [6.45, 7) is 6.80. The molecule has 0 radical (unpaired) electrons. The Morgan fingerprint density at radius 2 is 0.933 bits per heavy atom. The molecule has 0 saturated heterocycles. The second-order valence-electron chi connectivity index (χ2n) is 9.89. The van der Waals surface area contributed by atoms with Crippen molar-refractivity contribution in [3.63, 3.8) is 0 Å². The lowest BCUT2D eigenvalue weighted by atomic mass is 9.93. The number of hydrogen-bond donors (Lipinski definition) is 0. The topological polar surface area (TPSA) is 0 Å². The van der Waals surface area contributed by atoms with Crippen LogP contribution in [-0.2, 0) is 10.7 Å². The fourth-order valence-corrected chi connectivity index (χ4v) is 4.92. The van der Waals surface area contributed by atoms with Gasteiger partial charge in [0.05, 0.1) is 0 Å². The molecule has 1 rings (SSSR count). The number of unbranched alkanes of at least 4 members (excludes halogenated alkanes) is 17. The Morgan fingerprint density at radius 1 is 0.567 bits per heavy atom. The molecule has 0 unspecified atom stereocenters. The third kappa shape index (κ3) is 14.7. The van der Waals surface area contributed by atoms with E-state index in [-0.39, 0.29) is 4.32 Å². The number of halogens is 1. The molecule has 174 valence electrons. The van der Waals surface area contributed by atoms with Crippen LogP contribution in [0.1, 0.15) is 147 Å². The summed E-state index contributed by atoms with van der Waals surface area (Å²) in [4.78, 5) is 0. The molecule has 0 bridgehead atoms. The summed E-state index contributed by atoms with van der Waals surface area (Å²) in [6, 6.07) is 8.94. The molecule has 0 amide bonds. The van der Waals surface area contributed by atoms with E-state index in [1.165, 1.54) is 133 Å². The monoisotopic (exact) mass is 478 g/mol. The SMILES string of the molecule is CCCCCCCCCCCCCCCCCCCCc1ccccc1C(C)(C)Br.